The van der Waals surface area contributed by atoms with Crippen LogP contribution in [0.2, 0.25) is 0 Å². The summed E-state index contributed by atoms with van der Waals surface area (Å²) in [4.78, 5) is 23.7. The molecule has 0 aliphatic rings. The summed E-state index contributed by atoms with van der Waals surface area (Å²) in [6.07, 6.45) is 5.13. The second-order valence-corrected chi connectivity index (χ2v) is 4.11. The predicted molar refractivity (Wildman–Crippen MR) is 76.3 cm³/mol. The second-order valence-electron chi connectivity index (χ2n) is 4.11. The number of rotatable bonds is 6. The van der Waals surface area contributed by atoms with Crippen LogP contribution >= 0.6 is 0 Å². The highest BCUT2D eigenvalue weighted by Crippen LogP contribution is 2.11. The standard InChI is InChI=1S/C14H17N3O3/c1-3-7-17(10-13(18)19)14(20)16-12-6-4-5-11(8-12)9-15-2/h1,4-6,8,15H,7,9-10H2,2H3,(H,16,20)(H,18,19). The molecule has 3 N–H and O–H groups in total. The van der Waals surface area contributed by atoms with E-state index in [-0.39, 0.29) is 6.54 Å². The fraction of sp³-hybridized carbons (Fsp3) is 0.286. The monoisotopic (exact) mass is 275 g/mol. The molecule has 0 saturated carbocycles. The van der Waals surface area contributed by atoms with E-state index in [0.29, 0.717) is 12.2 Å². The normalized spacial score (nSPS) is 9.60. The highest BCUT2D eigenvalue weighted by atomic mass is 16.4. The fourth-order valence-electron chi connectivity index (χ4n) is 1.64. The molecule has 106 valence electrons. The van der Waals surface area contributed by atoms with Crippen molar-refractivity contribution in [2.24, 2.45) is 0 Å². The molecule has 0 unspecified atom stereocenters. The summed E-state index contributed by atoms with van der Waals surface area (Å²) in [6, 6.07) is 6.73. The van der Waals surface area contributed by atoms with Crippen molar-refractivity contribution in [3.8, 4) is 12.3 Å². The van der Waals surface area contributed by atoms with E-state index < -0.39 is 18.5 Å². The Labute approximate surface area is 117 Å². The first-order valence-corrected chi connectivity index (χ1v) is 6.01. The Morgan fingerprint density at radius 1 is 1.45 bits per heavy atom. The molecule has 0 bridgehead atoms. The van der Waals surface area contributed by atoms with Gasteiger partial charge in [0.05, 0.1) is 6.54 Å². The van der Waals surface area contributed by atoms with Crippen molar-refractivity contribution in [3.05, 3.63) is 29.8 Å². The number of anilines is 1. The van der Waals surface area contributed by atoms with Gasteiger partial charge in [0.2, 0.25) is 0 Å². The summed E-state index contributed by atoms with van der Waals surface area (Å²) in [6.45, 7) is 0.174. The minimum Gasteiger partial charge on any atom is -0.480 e. The number of carboxylic acids is 1. The van der Waals surface area contributed by atoms with Gasteiger partial charge in [0.25, 0.3) is 0 Å². The van der Waals surface area contributed by atoms with Gasteiger partial charge in [0, 0.05) is 12.2 Å². The lowest BCUT2D eigenvalue weighted by Crippen LogP contribution is -2.39. The number of carbonyl (C=O) groups excluding carboxylic acids is 1. The van der Waals surface area contributed by atoms with Crippen molar-refractivity contribution in [1.29, 1.82) is 0 Å². The number of nitrogens with one attached hydrogen (secondary N) is 2. The summed E-state index contributed by atoms with van der Waals surface area (Å²) in [5.41, 5.74) is 1.60. The maximum absolute atomic E-state index is 11.9. The summed E-state index contributed by atoms with van der Waals surface area (Å²) in [5, 5.41) is 14.4. The van der Waals surface area contributed by atoms with Gasteiger partial charge in [-0.3, -0.25) is 4.79 Å². The summed E-state index contributed by atoms with van der Waals surface area (Å²) in [5.74, 6) is 1.15. The quantitative estimate of drug-likeness (QED) is 0.675. The zero-order valence-corrected chi connectivity index (χ0v) is 11.2. The maximum Gasteiger partial charge on any atom is 0.323 e. The highest BCUT2D eigenvalue weighted by molar-refractivity contribution is 5.91. The minimum absolute atomic E-state index is 0.0612. The van der Waals surface area contributed by atoms with E-state index in [4.69, 9.17) is 11.5 Å². The Balaban J connectivity index is 2.74. The molecule has 0 aliphatic carbocycles. The van der Waals surface area contributed by atoms with Crippen LogP contribution in [0.3, 0.4) is 0 Å². The molecule has 0 radical (unpaired) electrons. The van der Waals surface area contributed by atoms with Crippen molar-refractivity contribution in [1.82, 2.24) is 10.2 Å². The second kappa shape index (κ2) is 7.81. The Bertz CT molecular complexity index is 523. The average molecular weight is 275 g/mol. The van der Waals surface area contributed by atoms with Crippen molar-refractivity contribution in [2.45, 2.75) is 6.54 Å². The number of amides is 2. The number of nitrogens with zero attached hydrogens (tertiary/aromatic N) is 1. The van der Waals surface area contributed by atoms with Crippen LogP contribution in [0.5, 0.6) is 0 Å². The zero-order valence-electron chi connectivity index (χ0n) is 11.2. The maximum atomic E-state index is 11.9. The van der Waals surface area contributed by atoms with Crippen molar-refractivity contribution < 1.29 is 14.7 Å². The molecule has 0 aliphatic heterocycles. The number of hydrogen-bond acceptors (Lipinski definition) is 3. The third-order valence-corrected chi connectivity index (χ3v) is 2.45. The molecule has 1 aromatic carbocycles. The SMILES string of the molecule is C#CCN(CC(=O)O)C(=O)Nc1cccc(CNC)c1. The summed E-state index contributed by atoms with van der Waals surface area (Å²) < 4.78 is 0. The van der Waals surface area contributed by atoms with Crippen LogP contribution in [-0.4, -0.2) is 42.1 Å². The number of terminal acetylenes is 1. The van der Waals surface area contributed by atoms with Gasteiger partial charge < -0.3 is 20.6 Å². The molecule has 0 fully saturated rings. The van der Waals surface area contributed by atoms with Crippen LogP contribution in [0.4, 0.5) is 10.5 Å². The molecule has 0 heterocycles. The van der Waals surface area contributed by atoms with E-state index in [1.165, 1.54) is 0 Å². The van der Waals surface area contributed by atoms with E-state index >= 15 is 0 Å². The first-order valence-electron chi connectivity index (χ1n) is 6.01. The first kappa shape index (κ1) is 15.5. The van der Waals surface area contributed by atoms with E-state index in [0.717, 1.165) is 10.5 Å². The van der Waals surface area contributed by atoms with Crippen LogP contribution in [0.25, 0.3) is 0 Å². The number of carboxylic acid groups (broad SMARTS) is 1. The fourth-order valence-corrected chi connectivity index (χ4v) is 1.64. The van der Waals surface area contributed by atoms with E-state index in [1.807, 2.05) is 25.2 Å². The molecule has 0 aromatic heterocycles. The highest BCUT2D eigenvalue weighted by Gasteiger charge is 2.15. The molecule has 0 spiro atoms. The molecule has 6 heteroatoms. The number of hydrogen-bond donors (Lipinski definition) is 3. The van der Waals surface area contributed by atoms with Crippen molar-refractivity contribution in [3.63, 3.8) is 0 Å². The zero-order chi connectivity index (χ0) is 15.0. The third kappa shape index (κ3) is 5.00. The van der Waals surface area contributed by atoms with E-state index in [9.17, 15) is 9.59 Å². The minimum atomic E-state index is -1.11. The summed E-state index contributed by atoms with van der Waals surface area (Å²) >= 11 is 0. The number of aliphatic carboxylic acids is 1. The van der Waals surface area contributed by atoms with Gasteiger partial charge in [0.1, 0.15) is 6.54 Å². The van der Waals surface area contributed by atoms with Gasteiger partial charge >= 0.3 is 12.0 Å². The largest absolute Gasteiger partial charge is 0.480 e. The Morgan fingerprint density at radius 2 is 2.20 bits per heavy atom. The molecule has 2 amide bonds. The van der Waals surface area contributed by atoms with Crippen LogP contribution in [0.15, 0.2) is 24.3 Å². The van der Waals surface area contributed by atoms with Gasteiger partial charge in [-0.25, -0.2) is 4.79 Å². The number of benzene rings is 1. The number of urea groups is 1. The van der Waals surface area contributed by atoms with Gasteiger partial charge in [-0.2, -0.15) is 0 Å². The van der Waals surface area contributed by atoms with Gasteiger partial charge in [-0.05, 0) is 24.7 Å². The van der Waals surface area contributed by atoms with E-state index in [2.05, 4.69) is 16.6 Å². The molecule has 0 atom stereocenters. The molecule has 1 rings (SSSR count). The molecule has 1 aromatic rings. The molecule has 0 saturated heterocycles. The van der Waals surface area contributed by atoms with Crippen LogP contribution in [-0.2, 0) is 11.3 Å². The Hall–Kier alpha value is -2.52. The third-order valence-electron chi connectivity index (χ3n) is 2.45. The lowest BCUT2D eigenvalue weighted by molar-refractivity contribution is -0.137. The number of carbonyl (C=O) groups is 2. The Kier molecular flexibility index (Phi) is 6.07. The first-order chi connectivity index (χ1) is 9.56. The molecule has 20 heavy (non-hydrogen) atoms. The van der Waals surface area contributed by atoms with Gasteiger partial charge in [-0.15, -0.1) is 6.42 Å². The average Bonchev–Trinajstić information content (AvgIpc) is 2.38. The molecular weight excluding hydrogens is 258 g/mol. The topological polar surface area (TPSA) is 81.7 Å². The molecular formula is C14H17N3O3. The van der Waals surface area contributed by atoms with Crippen LogP contribution in [0, 0.1) is 12.3 Å². The lowest BCUT2D eigenvalue weighted by atomic mass is 10.2. The van der Waals surface area contributed by atoms with Crippen LogP contribution in [0.1, 0.15) is 5.56 Å². The smallest absolute Gasteiger partial charge is 0.323 e. The van der Waals surface area contributed by atoms with E-state index in [1.54, 1.807) is 6.07 Å². The molecule has 6 nitrogen and oxygen atoms in total. The lowest BCUT2D eigenvalue weighted by Gasteiger charge is -2.18. The van der Waals surface area contributed by atoms with Crippen LogP contribution < -0.4 is 10.6 Å². The predicted octanol–water partition coefficient (Wildman–Crippen LogP) is 0.958. The van der Waals surface area contributed by atoms with Gasteiger partial charge in [-0.1, -0.05) is 18.1 Å². The van der Waals surface area contributed by atoms with Crippen molar-refractivity contribution >= 4 is 17.7 Å². The summed E-state index contributed by atoms with van der Waals surface area (Å²) in [7, 11) is 1.83. The van der Waals surface area contributed by atoms with Gasteiger partial charge in [0.15, 0.2) is 0 Å². The Morgan fingerprint density at radius 3 is 2.80 bits per heavy atom. The van der Waals surface area contributed by atoms with Crippen molar-refractivity contribution in [2.75, 3.05) is 25.5 Å².